The molecule has 0 radical (unpaired) electrons. The van der Waals surface area contributed by atoms with Crippen molar-refractivity contribution in [2.45, 2.75) is 24.3 Å². The Morgan fingerprint density at radius 1 is 1.37 bits per heavy atom. The van der Waals surface area contributed by atoms with Crippen molar-refractivity contribution in [2.75, 3.05) is 25.6 Å². The van der Waals surface area contributed by atoms with Crippen LogP contribution in [0.15, 0.2) is 29.2 Å². The number of aliphatic hydroxyl groups excluding tert-OH is 1. The van der Waals surface area contributed by atoms with E-state index in [1.54, 1.807) is 30.0 Å². The van der Waals surface area contributed by atoms with Gasteiger partial charge < -0.3 is 14.9 Å². The molecular weight excluding hydrogens is 264 g/mol. The molecule has 0 aliphatic rings. The first-order valence-corrected chi connectivity index (χ1v) is 7.12. The van der Waals surface area contributed by atoms with Crippen LogP contribution in [0.4, 0.5) is 0 Å². The molecule has 0 fully saturated rings. The van der Waals surface area contributed by atoms with Crippen LogP contribution in [0.1, 0.15) is 24.2 Å². The fourth-order valence-corrected chi connectivity index (χ4v) is 2.29. The fourth-order valence-electron chi connectivity index (χ4n) is 1.47. The topological polar surface area (TPSA) is 66.8 Å². The van der Waals surface area contributed by atoms with E-state index in [0.29, 0.717) is 18.8 Å². The van der Waals surface area contributed by atoms with Crippen molar-refractivity contribution >= 4 is 17.5 Å². The van der Waals surface area contributed by atoms with Crippen LogP contribution in [-0.2, 0) is 4.74 Å². The van der Waals surface area contributed by atoms with Gasteiger partial charge in [-0.1, -0.05) is 12.1 Å². The molecule has 1 aromatic rings. The highest BCUT2D eigenvalue weighted by Gasteiger charge is 2.25. The number of carbonyl (C=O) groups is 1. The van der Waals surface area contributed by atoms with Crippen molar-refractivity contribution in [2.24, 2.45) is 0 Å². The van der Waals surface area contributed by atoms with Crippen molar-refractivity contribution in [1.82, 2.24) is 0 Å². The Kier molecular flexibility index (Phi) is 6.51. The summed E-state index contributed by atoms with van der Waals surface area (Å²) < 4.78 is 5.16. The van der Waals surface area contributed by atoms with E-state index >= 15 is 0 Å². The molecule has 5 heteroatoms. The zero-order chi connectivity index (χ0) is 14.3. The zero-order valence-electron chi connectivity index (χ0n) is 11.3. The lowest BCUT2D eigenvalue weighted by Crippen LogP contribution is -2.31. The van der Waals surface area contributed by atoms with Gasteiger partial charge in [-0.05, 0) is 26.0 Å². The molecule has 106 valence electrons. The lowest BCUT2D eigenvalue weighted by Gasteiger charge is -2.15. The number of benzene rings is 1. The first kappa shape index (κ1) is 16.2. The summed E-state index contributed by atoms with van der Waals surface area (Å²) in [5, 5.41) is 18.3. The quantitative estimate of drug-likeness (QED) is 0.432. The highest BCUT2D eigenvalue weighted by atomic mass is 32.2. The zero-order valence-corrected chi connectivity index (χ0v) is 12.1. The largest absolute Gasteiger partial charge is 0.394 e. The highest BCUT2D eigenvalue weighted by Crippen LogP contribution is 2.21. The summed E-state index contributed by atoms with van der Waals surface area (Å²) in [5.41, 5.74) is -0.846. The predicted molar refractivity (Wildman–Crippen MR) is 75.7 cm³/mol. The van der Waals surface area contributed by atoms with Crippen LogP contribution in [0.2, 0.25) is 0 Å². The Bertz CT molecular complexity index is 412. The Morgan fingerprint density at radius 2 is 2.11 bits per heavy atom. The van der Waals surface area contributed by atoms with E-state index in [-0.39, 0.29) is 12.4 Å². The average Bonchev–Trinajstić information content (AvgIpc) is 2.37. The maximum Gasteiger partial charge on any atom is 0.193 e. The maximum atomic E-state index is 11.9. The fraction of sp³-hybridized carbons (Fsp3) is 0.500. The minimum Gasteiger partial charge on any atom is -0.394 e. The van der Waals surface area contributed by atoms with Gasteiger partial charge in [0.15, 0.2) is 5.78 Å². The van der Waals surface area contributed by atoms with Gasteiger partial charge in [-0.25, -0.2) is 0 Å². The number of ether oxygens (including phenoxy) is 1. The van der Waals surface area contributed by atoms with Gasteiger partial charge in [0.2, 0.25) is 0 Å². The van der Waals surface area contributed by atoms with Gasteiger partial charge in [0, 0.05) is 16.2 Å². The smallest absolute Gasteiger partial charge is 0.193 e. The molecule has 4 nitrogen and oxygen atoms in total. The van der Waals surface area contributed by atoms with E-state index in [1.165, 1.54) is 13.8 Å². The highest BCUT2D eigenvalue weighted by molar-refractivity contribution is 7.99. The number of Topliss-reactive ketones (excluding diaryl/α,β-unsaturated/α-hetero) is 1. The molecule has 0 atom stereocenters. The summed E-state index contributed by atoms with van der Waals surface area (Å²) in [4.78, 5) is 12.9. The number of thioether (sulfide) groups is 1. The molecule has 0 amide bonds. The molecule has 2 N–H and O–H groups in total. The second-order valence-corrected chi connectivity index (χ2v) is 5.77. The number of hydrogen-bond donors (Lipinski definition) is 2. The molecule has 0 aliphatic heterocycles. The van der Waals surface area contributed by atoms with Gasteiger partial charge in [-0.3, -0.25) is 4.79 Å². The SMILES string of the molecule is CC(C)(O)C(=O)c1cccc(SCCOCCO)c1. The summed E-state index contributed by atoms with van der Waals surface area (Å²) >= 11 is 1.57. The van der Waals surface area contributed by atoms with Gasteiger partial charge in [0.05, 0.1) is 19.8 Å². The normalized spacial score (nSPS) is 11.6. The van der Waals surface area contributed by atoms with Crippen LogP contribution in [0, 0.1) is 0 Å². The van der Waals surface area contributed by atoms with Gasteiger partial charge in [0.25, 0.3) is 0 Å². The molecule has 19 heavy (non-hydrogen) atoms. The number of aliphatic hydroxyl groups is 2. The Morgan fingerprint density at radius 3 is 2.74 bits per heavy atom. The summed E-state index contributed by atoms with van der Waals surface area (Å²) in [6, 6.07) is 7.19. The molecule has 0 aromatic heterocycles. The molecule has 0 bridgehead atoms. The molecule has 0 saturated carbocycles. The minimum atomic E-state index is -1.35. The van der Waals surface area contributed by atoms with E-state index in [2.05, 4.69) is 0 Å². The molecule has 0 spiro atoms. The number of rotatable bonds is 8. The van der Waals surface area contributed by atoms with Crippen LogP contribution >= 0.6 is 11.8 Å². The third-order valence-corrected chi connectivity index (χ3v) is 3.34. The van der Waals surface area contributed by atoms with Gasteiger partial charge in [-0.15, -0.1) is 11.8 Å². The van der Waals surface area contributed by atoms with Crippen LogP contribution < -0.4 is 0 Å². The van der Waals surface area contributed by atoms with Crippen LogP contribution in [0.3, 0.4) is 0 Å². The minimum absolute atomic E-state index is 0.0280. The lowest BCUT2D eigenvalue weighted by molar-refractivity contribution is 0.0487. The van der Waals surface area contributed by atoms with E-state index in [0.717, 1.165) is 10.6 Å². The third kappa shape index (κ3) is 5.74. The van der Waals surface area contributed by atoms with Crippen molar-refractivity contribution in [3.8, 4) is 0 Å². The summed E-state index contributed by atoms with van der Waals surface area (Å²) in [5.74, 6) is 0.464. The summed E-state index contributed by atoms with van der Waals surface area (Å²) in [7, 11) is 0. The van der Waals surface area contributed by atoms with Crippen LogP contribution in [-0.4, -0.2) is 47.2 Å². The average molecular weight is 284 g/mol. The monoisotopic (exact) mass is 284 g/mol. The predicted octanol–water partition coefficient (Wildman–Crippen LogP) is 1.74. The molecule has 1 rings (SSSR count). The molecule has 0 heterocycles. The number of carbonyl (C=O) groups excluding carboxylic acids is 1. The van der Waals surface area contributed by atoms with E-state index in [9.17, 15) is 9.90 Å². The summed E-state index contributed by atoms with van der Waals surface area (Å²) in [6.07, 6.45) is 0. The standard InChI is InChI=1S/C14H20O4S/c1-14(2,17)13(16)11-4-3-5-12(10-11)19-9-8-18-7-6-15/h3-5,10,15,17H,6-9H2,1-2H3. The van der Waals surface area contributed by atoms with Crippen molar-refractivity contribution < 1.29 is 19.7 Å². The van der Waals surface area contributed by atoms with E-state index < -0.39 is 5.60 Å². The second kappa shape index (κ2) is 7.65. The number of hydrogen-bond acceptors (Lipinski definition) is 5. The summed E-state index contributed by atoms with van der Waals surface area (Å²) in [6.45, 7) is 3.89. The van der Waals surface area contributed by atoms with E-state index in [4.69, 9.17) is 9.84 Å². The van der Waals surface area contributed by atoms with Crippen molar-refractivity contribution in [3.63, 3.8) is 0 Å². The Balaban J connectivity index is 2.55. The maximum absolute atomic E-state index is 11.9. The second-order valence-electron chi connectivity index (χ2n) is 4.60. The van der Waals surface area contributed by atoms with Crippen molar-refractivity contribution in [3.05, 3.63) is 29.8 Å². The Labute approximate surface area is 117 Å². The third-order valence-electron chi connectivity index (χ3n) is 2.38. The van der Waals surface area contributed by atoms with Crippen molar-refractivity contribution in [1.29, 1.82) is 0 Å². The first-order chi connectivity index (χ1) is 8.95. The molecule has 0 unspecified atom stereocenters. The Hall–Kier alpha value is -0.880. The molecule has 0 saturated heterocycles. The molecule has 0 aliphatic carbocycles. The molecule has 1 aromatic carbocycles. The molecular formula is C14H20O4S. The van der Waals surface area contributed by atoms with Gasteiger partial charge in [-0.2, -0.15) is 0 Å². The van der Waals surface area contributed by atoms with Crippen LogP contribution in [0.5, 0.6) is 0 Å². The van der Waals surface area contributed by atoms with E-state index in [1.807, 2.05) is 6.07 Å². The first-order valence-electron chi connectivity index (χ1n) is 6.14. The number of ketones is 1. The van der Waals surface area contributed by atoms with Gasteiger partial charge >= 0.3 is 0 Å². The van der Waals surface area contributed by atoms with Gasteiger partial charge in [0.1, 0.15) is 5.60 Å². The van der Waals surface area contributed by atoms with Crippen LogP contribution in [0.25, 0.3) is 0 Å². The lowest BCUT2D eigenvalue weighted by atomic mass is 9.97.